The van der Waals surface area contributed by atoms with Crippen LogP contribution < -0.4 is 0 Å². The minimum atomic E-state index is -6.38. The summed E-state index contributed by atoms with van der Waals surface area (Å²) in [6.07, 6.45) is -11.4. The summed E-state index contributed by atoms with van der Waals surface area (Å²) in [6.45, 7) is -0.775. The van der Waals surface area contributed by atoms with Gasteiger partial charge in [-0.1, -0.05) is 30.3 Å². The molecule has 42 heavy (non-hydrogen) atoms. The fourth-order valence-electron chi connectivity index (χ4n) is 5.35. The zero-order valence-electron chi connectivity index (χ0n) is 21.5. The van der Waals surface area contributed by atoms with E-state index in [4.69, 9.17) is 0 Å². The van der Waals surface area contributed by atoms with Gasteiger partial charge < -0.3 is 10.0 Å². The van der Waals surface area contributed by atoms with E-state index < -0.39 is 73.2 Å². The van der Waals surface area contributed by atoms with E-state index in [1.54, 1.807) is 0 Å². The average molecular weight is 626 g/mol. The number of carbonyl (C=O) groups is 2. The highest BCUT2D eigenvalue weighted by molar-refractivity contribution is 7.92. The van der Waals surface area contributed by atoms with Gasteiger partial charge in [0.1, 0.15) is 10.6 Å². The zero-order chi connectivity index (χ0) is 31.3. The molecule has 4 rings (SSSR count). The summed E-state index contributed by atoms with van der Waals surface area (Å²) < 4.78 is 134. The predicted molar refractivity (Wildman–Crippen MR) is 131 cm³/mol. The molecule has 1 saturated heterocycles. The third-order valence-corrected chi connectivity index (χ3v) is 10.3. The molecule has 2 atom stereocenters. The van der Waals surface area contributed by atoms with Crippen LogP contribution in [0.5, 0.6) is 0 Å². The highest BCUT2D eigenvalue weighted by atomic mass is 32.2. The molecule has 1 heterocycles. The molecule has 2 aromatic rings. The Kier molecular flexibility index (Phi) is 7.98. The van der Waals surface area contributed by atoms with Crippen LogP contribution in [0, 0.1) is 11.7 Å². The van der Waals surface area contributed by atoms with Gasteiger partial charge in [0.2, 0.25) is 5.91 Å². The largest absolute Gasteiger partial charge is 0.481 e. The fraction of sp³-hybridized carbons (Fsp3) is 0.407. The molecule has 1 aliphatic carbocycles. The first-order chi connectivity index (χ1) is 19.3. The topological polar surface area (TPSA) is 91.8 Å². The molecule has 2 aromatic carbocycles. The number of nitrogens with zero attached hydrogens (tertiary/aromatic N) is 1. The van der Waals surface area contributed by atoms with Crippen molar-refractivity contribution in [1.82, 2.24) is 4.90 Å². The second-order valence-electron chi connectivity index (χ2n) is 10.2. The average Bonchev–Trinajstić information content (AvgIpc) is 3.39. The number of rotatable bonds is 6. The maximum atomic E-state index is 14.6. The molecule has 0 bridgehead atoms. The van der Waals surface area contributed by atoms with E-state index in [2.05, 4.69) is 0 Å². The highest BCUT2D eigenvalue weighted by Crippen LogP contribution is 2.54. The summed E-state index contributed by atoms with van der Waals surface area (Å²) >= 11 is 0. The second kappa shape index (κ2) is 10.7. The molecule has 6 nitrogen and oxygen atoms in total. The minimum absolute atomic E-state index is 0.0636. The Morgan fingerprint density at radius 1 is 0.905 bits per heavy atom. The van der Waals surface area contributed by atoms with Crippen LogP contribution in [0.25, 0.3) is 0 Å². The van der Waals surface area contributed by atoms with E-state index in [-0.39, 0.29) is 55.5 Å². The number of amides is 1. The number of halogens is 8. The Morgan fingerprint density at radius 2 is 1.48 bits per heavy atom. The molecule has 1 N–H and O–H groups in total. The monoisotopic (exact) mass is 625 g/mol. The molecule has 0 spiro atoms. The van der Waals surface area contributed by atoms with Crippen LogP contribution in [0.1, 0.15) is 36.8 Å². The molecule has 2 unspecified atom stereocenters. The van der Waals surface area contributed by atoms with Crippen molar-refractivity contribution >= 4 is 21.7 Å². The van der Waals surface area contributed by atoms with Crippen LogP contribution in [0.4, 0.5) is 35.1 Å². The molecule has 228 valence electrons. The molecule has 15 heteroatoms. The fourth-order valence-corrected chi connectivity index (χ4v) is 7.43. The van der Waals surface area contributed by atoms with Crippen molar-refractivity contribution in [1.29, 1.82) is 0 Å². The standard InChI is InChI=1S/C27H23F8NO5S/c28-20-9-11-21(12-10-20)42(40,41)24(13-14-36(15-24)22(37)16-1-3-17(4-2-16)23(38)39)18-5-7-19(8-6-18)25(29,26(30,31)32)27(33,34)35/h1,5-12,17H,2-4,13-15H2,(H,38,39). The molecule has 0 aromatic heterocycles. The molecule has 1 fully saturated rings. The minimum Gasteiger partial charge on any atom is -0.481 e. The van der Waals surface area contributed by atoms with Crippen LogP contribution in [0.3, 0.4) is 0 Å². The molecule has 0 saturated carbocycles. The Labute approximate surface area is 234 Å². The lowest BCUT2D eigenvalue weighted by molar-refractivity contribution is -0.348. The van der Waals surface area contributed by atoms with E-state index >= 15 is 0 Å². The van der Waals surface area contributed by atoms with Crippen molar-refractivity contribution in [2.45, 2.75) is 53.3 Å². The normalized spacial score (nSPS) is 22.1. The number of carboxylic acid groups (broad SMARTS) is 1. The summed E-state index contributed by atoms with van der Waals surface area (Å²) in [6, 6.07) is 5.26. The van der Waals surface area contributed by atoms with Gasteiger partial charge in [-0.25, -0.2) is 17.2 Å². The van der Waals surface area contributed by atoms with Gasteiger partial charge in [-0.2, -0.15) is 26.3 Å². The number of alkyl halides is 7. The third kappa shape index (κ3) is 5.15. The number of hydrogen-bond donors (Lipinski definition) is 1. The van der Waals surface area contributed by atoms with E-state index in [1.807, 2.05) is 0 Å². The van der Waals surface area contributed by atoms with Gasteiger partial charge in [0, 0.05) is 24.2 Å². The Bertz CT molecular complexity index is 1490. The van der Waals surface area contributed by atoms with Crippen LogP contribution in [0.15, 0.2) is 65.1 Å². The molecule has 2 aliphatic rings. The van der Waals surface area contributed by atoms with Gasteiger partial charge in [-0.3, -0.25) is 9.59 Å². The molecular formula is C27H23F8NO5S. The van der Waals surface area contributed by atoms with Crippen molar-refractivity contribution in [2.24, 2.45) is 5.92 Å². The lowest BCUT2D eigenvalue weighted by Gasteiger charge is -2.32. The smallest absolute Gasteiger partial charge is 0.435 e. The SMILES string of the molecule is O=C(O)C1CC=C(C(=O)N2CCC(c3ccc(C(F)(C(F)(F)F)C(F)(F)F)cc3)(S(=O)(=O)c3ccc(F)cc3)C2)CC1. The van der Waals surface area contributed by atoms with Gasteiger partial charge in [0.05, 0.1) is 10.8 Å². The number of benzene rings is 2. The third-order valence-electron chi connectivity index (χ3n) is 7.78. The van der Waals surface area contributed by atoms with E-state index in [1.165, 1.54) is 6.08 Å². The zero-order valence-corrected chi connectivity index (χ0v) is 22.3. The van der Waals surface area contributed by atoms with Crippen LogP contribution in [0.2, 0.25) is 0 Å². The number of likely N-dealkylation sites (tertiary alicyclic amines) is 1. The quantitative estimate of drug-likeness (QED) is 0.323. The summed E-state index contributed by atoms with van der Waals surface area (Å²) in [5.74, 6) is -3.13. The van der Waals surface area contributed by atoms with E-state index in [9.17, 15) is 58.2 Å². The Hall–Kier alpha value is -3.49. The summed E-state index contributed by atoms with van der Waals surface area (Å²) in [7, 11) is -4.59. The van der Waals surface area contributed by atoms with Gasteiger partial charge in [-0.15, -0.1) is 0 Å². The lowest BCUT2D eigenvalue weighted by Crippen LogP contribution is -2.50. The lowest BCUT2D eigenvalue weighted by atomic mass is 9.89. The molecule has 1 amide bonds. The van der Waals surface area contributed by atoms with Crippen LogP contribution >= 0.6 is 0 Å². The van der Waals surface area contributed by atoms with Gasteiger partial charge in [0.15, 0.2) is 9.84 Å². The summed E-state index contributed by atoms with van der Waals surface area (Å²) in [5, 5.41) is 9.18. The molecule has 0 radical (unpaired) electrons. The number of carboxylic acids is 1. The van der Waals surface area contributed by atoms with Crippen molar-refractivity contribution in [3.05, 3.63) is 77.1 Å². The van der Waals surface area contributed by atoms with Crippen molar-refractivity contribution in [3.63, 3.8) is 0 Å². The van der Waals surface area contributed by atoms with Crippen LogP contribution in [-0.4, -0.2) is 55.7 Å². The van der Waals surface area contributed by atoms with E-state index in [0.717, 1.165) is 29.2 Å². The number of sulfone groups is 1. The van der Waals surface area contributed by atoms with Crippen LogP contribution in [-0.2, 0) is 29.8 Å². The Balaban J connectivity index is 1.78. The molecule has 1 aliphatic heterocycles. The predicted octanol–water partition coefficient (Wildman–Crippen LogP) is 5.83. The first kappa shape index (κ1) is 31.4. The van der Waals surface area contributed by atoms with Crippen molar-refractivity contribution in [2.75, 3.05) is 13.1 Å². The van der Waals surface area contributed by atoms with Gasteiger partial charge in [-0.05, 0) is 55.5 Å². The van der Waals surface area contributed by atoms with E-state index in [0.29, 0.717) is 12.1 Å². The number of allylic oxidation sites excluding steroid dienone is 1. The maximum Gasteiger partial charge on any atom is 0.435 e. The number of carbonyl (C=O) groups excluding carboxylic acids is 1. The number of hydrogen-bond acceptors (Lipinski definition) is 4. The van der Waals surface area contributed by atoms with Gasteiger partial charge >= 0.3 is 24.0 Å². The first-order valence-electron chi connectivity index (χ1n) is 12.5. The summed E-state index contributed by atoms with van der Waals surface area (Å²) in [5.41, 5.74) is -7.62. The summed E-state index contributed by atoms with van der Waals surface area (Å²) in [4.78, 5) is 25.2. The maximum absolute atomic E-state index is 14.6. The number of aliphatic carboxylic acids is 1. The second-order valence-corrected chi connectivity index (χ2v) is 12.5. The van der Waals surface area contributed by atoms with Crippen molar-refractivity contribution in [3.8, 4) is 0 Å². The first-order valence-corrected chi connectivity index (χ1v) is 14.0. The molecular weight excluding hydrogens is 602 g/mol. The van der Waals surface area contributed by atoms with Gasteiger partial charge in [0.25, 0.3) is 0 Å². The Morgan fingerprint density at radius 3 is 1.95 bits per heavy atom. The highest BCUT2D eigenvalue weighted by Gasteiger charge is 2.73. The van der Waals surface area contributed by atoms with Crippen molar-refractivity contribution < 1.29 is 58.2 Å².